The standard InChI is InChI=1S/C12H20O14.O.V/c13-1-3(15)5(17)7(19)9(21)11(23)25-26-12(24)10(22)8(20)6(18)4(16)2-14;;/h3-7,9,13-22H,1-2H2;;/q-2;;+2. The summed E-state index contributed by atoms with van der Waals surface area (Å²) < 4.78 is 8.19. The molecule has 0 aliphatic rings. The van der Waals surface area contributed by atoms with Gasteiger partial charge in [-0.3, -0.25) is 21.9 Å². The number of hydrogen-bond donors (Lipinski definition) is 10. The summed E-state index contributed by atoms with van der Waals surface area (Å²) in [5.74, 6) is -3.85. The zero-order chi connectivity index (χ0) is 22.6. The molecule has 15 nitrogen and oxygen atoms in total. The van der Waals surface area contributed by atoms with E-state index in [-0.39, 0.29) is 0 Å². The SMILES string of the molecule is O=C(OOC(=O)C(O)C(O)C(O)C(O)CO)[C-](O)[C-](O)C(O)C(O)CO.[O]=[V+2]. The van der Waals surface area contributed by atoms with E-state index in [0.29, 0.717) is 0 Å². The van der Waals surface area contributed by atoms with Crippen molar-refractivity contribution < 1.29 is 91.5 Å². The minimum absolute atomic E-state index is 1.02. The molecule has 0 saturated heterocycles. The number of aliphatic hydroxyl groups excluding tert-OH is 10. The van der Waals surface area contributed by atoms with Gasteiger partial charge in [0.2, 0.25) is 5.97 Å². The number of rotatable bonds is 10. The molecule has 10 N–H and O–H groups in total. The van der Waals surface area contributed by atoms with Crippen molar-refractivity contribution in [3.8, 4) is 0 Å². The Morgan fingerprint density at radius 2 is 1.29 bits per heavy atom. The van der Waals surface area contributed by atoms with E-state index >= 15 is 0 Å². The van der Waals surface area contributed by atoms with Crippen molar-refractivity contribution in [2.24, 2.45) is 0 Å². The van der Waals surface area contributed by atoms with Crippen molar-refractivity contribution in [3.63, 3.8) is 0 Å². The van der Waals surface area contributed by atoms with E-state index in [1.165, 1.54) is 0 Å². The van der Waals surface area contributed by atoms with Gasteiger partial charge in [0.15, 0.2) is 6.10 Å². The molecule has 28 heavy (non-hydrogen) atoms. The van der Waals surface area contributed by atoms with E-state index in [1.807, 2.05) is 0 Å². The van der Waals surface area contributed by atoms with E-state index in [4.69, 9.17) is 24.1 Å². The first-order chi connectivity index (χ1) is 13.0. The van der Waals surface area contributed by atoms with E-state index in [2.05, 4.69) is 9.78 Å². The Balaban J connectivity index is 0. The van der Waals surface area contributed by atoms with Crippen LogP contribution in [0.15, 0.2) is 0 Å². The summed E-state index contributed by atoms with van der Waals surface area (Å²) in [7, 11) is 0. The molecule has 6 unspecified atom stereocenters. The molecular weight excluding hydrogens is 435 g/mol. The first-order valence-corrected chi connectivity index (χ1v) is 7.59. The van der Waals surface area contributed by atoms with Gasteiger partial charge < -0.3 is 51.1 Å². The Kier molecular flexibility index (Phi) is 15.3. The third kappa shape index (κ3) is 8.86. The van der Waals surface area contributed by atoms with Crippen LogP contribution >= 0.6 is 0 Å². The summed E-state index contributed by atoms with van der Waals surface area (Å²) in [6, 6.07) is 0. The van der Waals surface area contributed by atoms with Gasteiger partial charge in [-0.25, -0.2) is 9.68 Å². The second-order valence-corrected chi connectivity index (χ2v) is 4.88. The molecule has 16 heteroatoms. The molecular formula is C12H20O15V. The van der Waals surface area contributed by atoms with Gasteiger partial charge in [-0.15, -0.1) is 0 Å². The molecule has 0 bridgehead atoms. The van der Waals surface area contributed by atoms with Crippen LogP contribution in [-0.2, 0) is 40.4 Å². The molecule has 0 aliphatic carbocycles. The van der Waals surface area contributed by atoms with Crippen LogP contribution in [0.25, 0.3) is 0 Å². The number of aliphatic hydroxyl groups is 10. The monoisotopic (exact) mass is 455 g/mol. The quantitative estimate of drug-likeness (QED) is 0.0833. The molecule has 0 aromatic carbocycles. The van der Waals surface area contributed by atoms with E-state index in [0.717, 1.165) is 17.4 Å². The van der Waals surface area contributed by atoms with Gasteiger partial charge in [-0.1, -0.05) is 0 Å². The van der Waals surface area contributed by atoms with Gasteiger partial charge in [-0.2, -0.15) is 0 Å². The maximum atomic E-state index is 11.3. The molecule has 0 radical (unpaired) electrons. The Bertz CT molecular complexity index is 424. The van der Waals surface area contributed by atoms with Crippen molar-refractivity contribution in [2.45, 2.75) is 36.6 Å². The zero-order valence-corrected chi connectivity index (χ0v) is 15.2. The van der Waals surface area contributed by atoms with Crippen molar-refractivity contribution in [2.75, 3.05) is 13.2 Å². The predicted octanol–water partition coefficient (Wildman–Crippen LogP) is -6.17. The molecule has 0 heterocycles. The van der Waals surface area contributed by atoms with Crippen molar-refractivity contribution in [3.05, 3.63) is 12.2 Å². The third-order valence-corrected chi connectivity index (χ3v) is 2.96. The van der Waals surface area contributed by atoms with Crippen LogP contribution < -0.4 is 0 Å². The molecule has 0 amide bonds. The van der Waals surface area contributed by atoms with Gasteiger partial charge in [0, 0.05) is 0 Å². The van der Waals surface area contributed by atoms with E-state index < -0.39 is 74.0 Å². The fraction of sp³-hybridized carbons (Fsp3) is 0.667. The fourth-order valence-electron chi connectivity index (χ4n) is 1.36. The van der Waals surface area contributed by atoms with E-state index in [1.54, 1.807) is 0 Å². The molecule has 0 saturated carbocycles. The number of carbonyl (C=O) groups is 2. The summed E-state index contributed by atoms with van der Waals surface area (Å²) in [4.78, 5) is 30.1. The summed E-state index contributed by atoms with van der Waals surface area (Å²) in [6.45, 7) is -2.07. The summed E-state index contributed by atoms with van der Waals surface area (Å²) >= 11 is 1.06. The third-order valence-electron chi connectivity index (χ3n) is 2.96. The van der Waals surface area contributed by atoms with Gasteiger partial charge in [0.25, 0.3) is 0 Å². The van der Waals surface area contributed by atoms with Gasteiger partial charge in [0.05, 0.1) is 19.3 Å². The van der Waals surface area contributed by atoms with Gasteiger partial charge in [0.1, 0.15) is 18.3 Å². The number of carbonyl (C=O) groups excluding carboxylic acids is 2. The second-order valence-electron chi connectivity index (χ2n) is 4.88. The molecule has 0 aliphatic heterocycles. The molecule has 0 fully saturated rings. The first-order valence-electron chi connectivity index (χ1n) is 7.02. The van der Waals surface area contributed by atoms with Gasteiger partial charge >= 0.3 is 27.0 Å². The first kappa shape index (κ1) is 29.0. The molecule has 0 spiro atoms. The Morgan fingerprint density at radius 3 is 1.71 bits per heavy atom. The van der Waals surface area contributed by atoms with E-state index in [9.17, 15) is 40.2 Å². The average Bonchev–Trinajstić information content (AvgIpc) is 2.73. The van der Waals surface area contributed by atoms with Crippen molar-refractivity contribution >= 4 is 11.9 Å². The molecule has 6 atom stereocenters. The van der Waals surface area contributed by atoms with Crippen LogP contribution in [0.4, 0.5) is 0 Å². The predicted molar refractivity (Wildman–Crippen MR) is 73.4 cm³/mol. The molecule has 0 rings (SSSR count). The Hall–Kier alpha value is -1.21. The maximum absolute atomic E-state index is 11.3. The second kappa shape index (κ2) is 14.7. The Morgan fingerprint density at radius 1 is 0.821 bits per heavy atom. The summed E-state index contributed by atoms with van der Waals surface area (Å²) in [6.07, 6.45) is -16.5. The normalized spacial score (nSPS) is 17.3. The summed E-state index contributed by atoms with van der Waals surface area (Å²) in [5.41, 5.74) is 0. The van der Waals surface area contributed by atoms with Crippen LogP contribution in [0, 0.1) is 12.2 Å². The Labute approximate surface area is 166 Å². The van der Waals surface area contributed by atoms with Crippen LogP contribution in [-0.4, -0.2) is 113 Å². The van der Waals surface area contributed by atoms with Crippen molar-refractivity contribution in [1.82, 2.24) is 0 Å². The topological polar surface area (TPSA) is 272 Å². The molecule has 0 aromatic rings. The number of hydrogen-bond acceptors (Lipinski definition) is 15. The van der Waals surface area contributed by atoms with Crippen molar-refractivity contribution in [1.29, 1.82) is 0 Å². The van der Waals surface area contributed by atoms with Crippen LogP contribution in [0.1, 0.15) is 0 Å². The summed E-state index contributed by atoms with van der Waals surface area (Å²) in [5, 5.41) is 91.0. The average molecular weight is 455 g/mol. The van der Waals surface area contributed by atoms with Gasteiger partial charge in [-0.05, 0) is 6.10 Å². The molecule has 163 valence electrons. The zero-order valence-electron chi connectivity index (χ0n) is 13.8. The fourth-order valence-corrected chi connectivity index (χ4v) is 1.36. The van der Waals surface area contributed by atoms with Crippen LogP contribution in [0.3, 0.4) is 0 Å². The molecule has 0 aromatic heterocycles. The van der Waals surface area contributed by atoms with Crippen LogP contribution in [0.2, 0.25) is 0 Å². The van der Waals surface area contributed by atoms with Crippen LogP contribution in [0.5, 0.6) is 0 Å². The minimum atomic E-state index is -2.56.